The molecule has 4 rings (SSSR count). The molecule has 1 aromatic carbocycles. The van der Waals surface area contributed by atoms with E-state index in [2.05, 4.69) is 25.4 Å². The molecule has 0 saturated heterocycles. The third-order valence-corrected chi connectivity index (χ3v) is 6.07. The number of thiazole rings is 1. The fraction of sp³-hybridized carbons (Fsp3) is 0.208. The second kappa shape index (κ2) is 13.5. The monoisotopic (exact) mass is 624 g/mol. The number of nitrogen functional groups attached to an aromatic ring is 1. The van der Waals surface area contributed by atoms with Crippen molar-refractivity contribution in [3.05, 3.63) is 74.4 Å². The molecule has 228 valence electrons. The van der Waals surface area contributed by atoms with Crippen LogP contribution in [0.1, 0.15) is 39.6 Å². The highest BCUT2D eigenvalue weighted by molar-refractivity contribution is 7.12. The average molecular weight is 625 g/mol. The third-order valence-electron chi connectivity index (χ3n) is 5.27. The summed E-state index contributed by atoms with van der Waals surface area (Å²) in [5.41, 5.74) is 7.97. The Kier molecular flexibility index (Phi) is 10.0. The summed E-state index contributed by atoms with van der Waals surface area (Å²) >= 11 is 0.885. The second-order valence-corrected chi connectivity index (χ2v) is 8.97. The van der Waals surface area contributed by atoms with Crippen molar-refractivity contribution >= 4 is 34.8 Å². The van der Waals surface area contributed by atoms with Gasteiger partial charge in [0.05, 0.1) is 19.2 Å². The zero-order valence-corrected chi connectivity index (χ0v) is 23.0. The van der Waals surface area contributed by atoms with Crippen LogP contribution in [0.25, 0.3) is 5.82 Å². The Morgan fingerprint density at radius 2 is 1.88 bits per heavy atom. The molecule has 0 saturated carbocycles. The zero-order valence-electron chi connectivity index (χ0n) is 22.2. The number of carboxylic acid groups (broad SMARTS) is 2. The molecule has 0 aliphatic heterocycles. The Hall–Kier alpha value is -5.46. The number of pyridine rings is 1. The molecule has 1 atom stereocenters. The highest BCUT2D eigenvalue weighted by Crippen LogP contribution is 2.31. The lowest BCUT2D eigenvalue weighted by Gasteiger charge is -2.19. The van der Waals surface area contributed by atoms with Crippen molar-refractivity contribution in [2.24, 2.45) is 5.73 Å². The van der Waals surface area contributed by atoms with Gasteiger partial charge in [-0.1, -0.05) is 0 Å². The maximum absolute atomic E-state index is 12.8. The van der Waals surface area contributed by atoms with Crippen molar-refractivity contribution in [1.29, 1.82) is 5.41 Å². The topological polar surface area (TPSA) is 231 Å². The Morgan fingerprint density at radius 1 is 1.23 bits per heavy atom. The van der Waals surface area contributed by atoms with Crippen LogP contribution < -0.4 is 26.2 Å². The number of alkyl halides is 3. The maximum atomic E-state index is 12.8. The minimum Gasteiger partial charge on any atom is -0.488 e. The number of hydrogen-bond acceptors (Lipinski definition) is 11. The number of carbonyl (C=O) groups is 2. The number of methoxy groups -OCH3 is 1. The quantitative estimate of drug-likeness (QED) is 0.110. The predicted octanol–water partition coefficient (Wildman–Crippen LogP) is 2.64. The van der Waals surface area contributed by atoms with Crippen molar-refractivity contribution < 1.29 is 42.4 Å². The van der Waals surface area contributed by atoms with Gasteiger partial charge in [0.25, 0.3) is 5.88 Å². The average Bonchev–Trinajstić information content (AvgIpc) is 3.58. The first kappa shape index (κ1) is 32.1. The Balaban J connectivity index is 0.000000646. The number of anilines is 1. The first-order valence-electron chi connectivity index (χ1n) is 11.8. The van der Waals surface area contributed by atoms with Crippen molar-refractivity contribution in [1.82, 2.24) is 24.7 Å². The van der Waals surface area contributed by atoms with Crippen molar-refractivity contribution in [2.45, 2.75) is 19.1 Å². The predicted molar refractivity (Wildman–Crippen MR) is 145 cm³/mol. The number of nitrogens with two attached hydrogens (primary N) is 1. The first-order chi connectivity index (χ1) is 20.3. The van der Waals surface area contributed by atoms with E-state index in [0.717, 1.165) is 16.0 Å². The maximum Gasteiger partial charge on any atom is 0.490 e. The number of nitrogens with one attached hydrogen (secondary N) is 3. The lowest BCUT2D eigenvalue weighted by molar-refractivity contribution is -0.192. The number of rotatable bonds is 10. The number of aliphatic carboxylic acids is 1. The number of aromatic nitrogens is 5. The van der Waals surface area contributed by atoms with Crippen LogP contribution in [0.4, 0.5) is 18.9 Å². The van der Waals surface area contributed by atoms with Gasteiger partial charge in [-0.25, -0.2) is 24.4 Å². The van der Waals surface area contributed by atoms with E-state index in [0.29, 0.717) is 29.2 Å². The van der Waals surface area contributed by atoms with Gasteiger partial charge in [-0.3, -0.25) is 10.4 Å². The first-order valence-corrected chi connectivity index (χ1v) is 12.7. The minimum absolute atomic E-state index is 0.0700. The molecule has 0 spiro atoms. The summed E-state index contributed by atoms with van der Waals surface area (Å²) in [7, 11) is 1.48. The minimum atomic E-state index is -5.08. The van der Waals surface area contributed by atoms with Crippen LogP contribution in [0.2, 0.25) is 0 Å². The molecule has 15 nitrogen and oxygen atoms in total. The Morgan fingerprint density at radius 3 is 2.42 bits per heavy atom. The summed E-state index contributed by atoms with van der Waals surface area (Å²) < 4.78 is 43.6. The number of ether oxygens (including phenoxy) is 2. The SMILES string of the molecule is CCOc1cc(C(Nc2ccc(C(=N)N)cc2)c2nn(-c3ncsc3C(=O)O)c(=O)[nH]2)cnc1OC.O=C(O)C(F)(F)F. The van der Waals surface area contributed by atoms with E-state index < -0.39 is 29.8 Å². The summed E-state index contributed by atoms with van der Waals surface area (Å²) in [6, 6.07) is 7.77. The summed E-state index contributed by atoms with van der Waals surface area (Å²) in [6.45, 7) is 2.20. The molecular formula is C24H23F3N8O7S. The van der Waals surface area contributed by atoms with E-state index in [9.17, 15) is 27.9 Å². The molecule has 0 radical (unpaired) electrons. The standard InChI is InChI=1S/C22H22N8O5S.C2HF3O2/c1-3-35-14-8-12(9-25-20(14)34-2)15(27-13-6-4-11(5-7-13)17(23)24)18-28-22(33)30(29-18)19-16(21(31)32)36-10-26-19;3-2(4,5)1(6)7/h4-10,15,27H,3H2,1-2H3,(H3,23,24)(H,31,32)(H,28,29,33);(H,6,7). The number of H-pyrrole nitrogens is 1. The van der Waals surface area contributed by atoms with Gasteiger partial charge in [0, 0.05) is 23.0 Å². The number of nitrogens with zero attached hydrogens (tertiary/aromatic N) is 4. The lowest BCUT2D eigenvalue weighted by atomic mass is 10.1. The zero-order chi connectivity index (χ0) is 31.9. The number of benzene rings is 1. The molecular weight excluding hydrogens is 601 g/mol. The molecule has 0 fully saturated rings. The van der Waals surface area contributed by atoms with Gasteiger partial charge >= 0.3 is 23.8 Å². The largest absolute Gasteiger partial charge is 0.490 e. The molecule has 4 aromatic rings. The fourth-order valence-corrected chi connectivity index (χ4v) is 3.99. The van der Waals surface area contributed by atoms with E-state index in [1.165, 1.54) is 12.6 Å². The molecule has 1 unspecified atom stereocenters. The molecule has 0 amide bonds. The van der Waals surface area contributed by atoms with Crippen molar-refractivity contribution in [2.75, 3.05) is 19.0 Å². The van der Waals surface area contributed by atoms with Gasteiger partial charge < -0.3 is 30.7 Å². The van der Waals surface area contributed by atoms with E-state index in [4.69, 9.17) is 30.5 Å². The molecule has 0 aliphatic carbocycles. The molecule has 7 N–H and O–H groups in total. The van der Waals surface area contributed by atoms with Crippen LogP contribution in [0.3, 0.4) is 0 Å². The van der Waals surface area contributed by atoms with Gasteiger partial charge in [-0.05, 0) is 37.3 Å². The molecule has 3 heterocycles. The van der Waals surface area contributed by atoms with Crippen LogP contribution in [-0.2, 0) is 4.79 Å². The fourth-order valence-electron chi connectivity index (χ4n) is 3.39. The highest BCUT2D eigenvalue weighted by atomic mass is 32.1. The van der Waals surface area contributed by atoms with Crippen molar-refractivity contribution in [3.63, 3.8) is 0 Å². The normalized spacial score (nSPS) is 11.6. The number of amidine groups is 1. The van der Waals surface area contributed by atoms with E-state index >= 15 is 0 Å². The van der Waals surface area contributed by atoms with Gasteiger partial charge in [0.2, 0.25) is 0 Å². The Bertz CT molecular complexity index is 1670. The number of halogens is 3. The van der Waals surface area contributed by atoms with Crippen molar-refractivity contribution in [3.8, 4) is 17.4 Å². The Labute approximate surface area is 243 Å². The molecule has 0 aliphatic rings. The molecule has 0 bridgehead atoms. The highest BCUT2D eigenvalue weighted by Gasteiger charge is 2.38. The summed E-state index contributed by atoms with van der Waals surface area (Å²) in [5.74, 6) is -3.28. The third kappa shape index (κ3) is 7.85. The smallest absolute Gasteiger partial charge is 0.488 e. The number of aromatic amines is 1. The van der Waals surface area contributed by atoms with E-state index in [1.54, 1.807) is 36.5 Å². The van der Waals surface area contributed by atoms with Crippen LogP contribution in [-0.4, -0.2) is 72.6 Å². The number of carboxylic acids is 2. The number of aromatic carboxylic acids is 1. The summed E-state index contributed by atoms with van der Waals surface area (Å²) in [5, 5.41) is 31.8. The van der Waals surface area contributed by atoms with E-state index in [-0.39, 0.29) is 28.2 Å². The number of hydrogen-bond donors (Lipinski definition) is 6. The van der Waals surface area contributed by atoms with Gasteiger partial charge in [-0.2, -0.15) is 17.9 Å². The van der Waals surface area contributed by atoms with Crippen LogP contribution in [0.5, 0.6) is 11.6 Å². The van der Waals surface area contributed by atoms with Gasteiger partial charge in [0.1, 0.15) is 11.9 Å². The van der Waals surface area contributed by atoms with Crippen LogP contribution in [0, 0.1) is 5.41 Å². The lowest BCUT2D eigenvalue weighted by Crippen LogP contribution is -2.21. The summed E-state index contributed by atoms with van der Waals surface area (Å²) in [4.78, 5) is 44.1. The molecule has 19 heteroatoms. The van der Waals surface area contributed by atoms with Gasteiger partial charge in [0.15, 0.2) is 22.3 Å². The second-order valence-electron chi connectivity index (χ2n) is 8.12. The van der Waals surface area contributed by atoms with E-state index in [1.807, 2.05) is 6.92 Å². The van der Waals surface area contributed by atoms with Gasteiger partial charge in [-0.15, -0.1) is 16.4 Å². The van der Waals surface area contributed by atoms with Crippen LogP contribution >= 0.6 is 11.3 Å². The molecule has 43 heavy (non-hydrogen) atoms. The summed E-state index contributed by atoms with van der Waals surface area (Å²) in [6.07, 6.45) is -3.54. The molecule has 3 aromatic heterocycles. The van der Waals surface area contributed by atoms with Crippen LogP contribution in [0.15, 0.2) is 46.8 Å².